The number of amides is 1. The van der Waals surface area contributed by atoms with E-state index in [2.05, 4.69) is 5.32 Å². The monoisotopic (exact) mass is 493 g/mol. The molecule has 2 aromatic heterocycles. The first-order valence-corrected chi connectivity index (χ1v) is 11.9. The quantitative estimate of drug-likeness (QED) is 0.412. The van der Waals surface area contributed by atoms with Crippen molar-refractivity contribution in [3.8, 4) is 11.4 Å². The number of nitrogens with zero attached hydrogens (tertiary/aromatic N) is 2. The van der Waals surface area contributed by atoms with Gasteiger partial charge in [-0.25, -0.2) is 19.0 Å². The first-order chi connectivity index (χ1) is 17.2. The predicted octanol–water partition coefficient (Wildman–Crippen LogP) is 2.87. The third-order valence-electron chi connectivity index (χ3n) is 7.86. The van der Waals surface area contributed by atoms with E-state index < -0.39 is 23.7 Å². The molecule has 6 rings (SSSR count). The molecule has 186 valence electrons. The first-order valence-electron chi connectivity index (χ1n) is 11.9. The molecule has 1 aromatic carbocycles. The second kappa shape index (κ2) is 7.60. The zero-order valence-corrected chi connectivity index (χ0v) is 20.0. The van der Waals surface area contributed by atoms with E-state index in [-0.39, 0.29) is 42.1 Å². The molecule has 3 aromatic rings. The van der Waals surface area contributed by atoms with Gasteiger partial charge in [0.05, 0.1) is 42.2 Å². The number of alkyl carbamates (subject to hydrolysis) is 1. The Bertz CT molecular complexity index is 1580. The van der Waals surface area contributed by atoms with Crippen molar-refractivity contribution < 1.29 is 28.6 Å². The smallest absolute Gasteiger partial charge is 0.407 e. The molecular formula is C26H24FN3O6. The number of aliphatic hydroxyl groups is 1. The molecule has 1 amide bonds. The summed E-state index contributed by atoms with van der Waals surface area (Å²) in [4.78, 5) is 42.9. The molecule has 0 saturated carbocycles. The number of hydrogen-bond donors (Lipinski definition) is 2. The maximum atomic E-state index is 14.9. The van der Waals surface area contributed by atoms with Crippen molar-refractivity contribution >= 4 is 23.0 Å². The Morgan fingerprint density at radius 2 is 2.11 bits per heavy atom. The highest BCUT2D eigenvalue weighted by atomic mass is 19.1. The van der Waals surface area contributed by atoms with E-state index in [1.165, 1.54) is 17.7 Å². The molecule has 0 saturated heterocycles. The minimum atomic E-state index is -1.94. The number of pyridine rings is 2. The van der Waals surface area contributed by atoms with Gasteiger partial charge in [0.2, 0.25) is 0 Å². The molecule has 3 aliphatic rings. The molecule has 2 aliphatic heterocycles. The summed E-state index contributed by atoms with van der Waals surface area (Å²) < 4.78 is 26.4. The zero-order valence-electron chi connectivity index (χ0n) is 20.0. The molecule has 4 heterocycles. The number of hydrogen-bond acceptors (Lipinski definition) is 7. The number of carbonyl (C=O) groups is 2. The van der Waals surface area contributed by atoms with Gasteiger partial charge in [0.1, 0.15) is 12.4 Å². The third-order valence-corrected chi connectivity index (χ3v) is 7.86. The molecule has 9 nitrogen and oxygen atoms in total. The standard InChI is InChI=1S/C26H24FN3O6/c1-4-26(34)15-7-19-22-13(9-30(19)23(31)14(15)10-36-24(26)32)21-17(29-25(33)35-3)6-5-12-11(2)16(27)8-18(28-22)20(12)21/h7-8,17,34H,4-6,9-10H2,1-3H3,(H,29,33)/t17-,26-/m0/s1. The molecule has 2 N–H and O–H groups in total. The second-order valence-corrected chi connectivity index (χ2v) is 9.54. The van der Waals surface area contributed by atoms with Crippen LogP contribution in [-0.4, -0.2) is 33.8 Å². The van der Waals surface area contributed by atoms with E-state index in [0.717, 1.165) is 22.1 Å². The normalized spacial score (nSPS) is 21.5. The number of aryl methyl sites for hydroxylation is 1. The van der Waals surface area contributed by atoms with Crippen LogP contribution >= 0.6 is 0 Å². The molecule has 2 atom stereocenters. The predicted molar refractivity (Wildman–Crippen MR) is 126 cm³/mol. The largest absolute Gasteiger partial charge is 0.458 e. The van der Waals surface area contributed by atoms with Gasteiger partial charge >= 0.3 is 12.1 Å². The summed E-state index contributed by atoms with van der Waals surface area (Å²) >= 11 is 0. The lowest BCUT2D eigenvalue weighted by Crippen LogP contribution is -2.44. The number of halogens is 1. The molecule has 0 radical (unpaired) electrons. The minimum Gasteiger partial charge on any atom is -0.458 e. The first kappa shape index (κ1) is 22.7. The number of cyclic esters (lactones) is 1. The van der Waals surface area contributed by atoms with Crippen LogP contribution in [0.1, 0.15) is 59.2 Å². The van der Waals surface area contributed by atoms with Crippen molar-refractivity contribution in [2.24, 2.45) is 0 Å². The lowest BCUT2D eigenvalue weighted by Gasteiger charge is -2.31. The number of rotatable bonds is 2. The van der Waals surface area contributed by atoms with Crippen LogP contribution in [0, 0.1) is 12.7 Å². The molecule has 0 fully saturated rings. The Morgan fingerprint density at radius 3 is 2.83 bits per heavy atom. The van der Waals surface area contributed by atoms with Gasteiger partial charge in [-0.3, -0.25) is 4.79 Å². The van der Waals surface area contributed by atoms with Crippen molar-refractivity contribution in [2.45, 2.75) is 57.9 Å². The Morgan fingerprint density at radius 1 is 1.33 bits per heavy atom. The number of nitrogens with one attached hydrogen (secondary N) is 1. The van der Waals surface area contributed by atoms with E-state index in [9.17, 15) is 23.9 Å². The van der Waals surface area contributed by atoms with Crippen LogP contribution in [0.4, 0.5) is 9.18 Å². The summed E-state index contributed by atoms with van der Waals surface area (Å²) in [6, 6.07) is 2.57. The summed E-state index contributed by atoms with van der Waals surface area (Å²) in [6.45, 7) is 3.32. The van der Waals surface area contributed by atoms with E-state index in [4.69, 9.17) is 14.5 Å². The van der Waals surface area contributed by atoms with E-state index in [1.54, 1.807) is 19.9 Å². The van der Waals surface area contributed by atoms with E-state index >= 15 is 0 Å². The van der Waals surface area contributed by atoms with E-state index in [1.807, 2.05) is 0 Å². The molecule has 10 heteroatoms. The zero-order chi connectivity index (χ0) is 25.5. The van der Waals surface area contributed by atoms with Crippen molar-refractivity contribution in [1.82, 2.24) is 14.9 Å². The van der Waals surface area contributed by atoms with Crippen molar-refractivity contribution in [1.29, 1.82) is 0 Å². The van der Waals surface area contributed by atoms with Gasteiger partial charge in [-0.2, -0.15) is 0 Å². The minimum absolute atomic E-state index is 0.0317. The van der Waals surface area contributed by atoms with Crippen LogP contribution in [-0.2, 0) is 39.4 Å². The SMILES string of the molecule is CC[C@@]1(O)C(=O)OCc2c1cc1n(c2=O)Cc2c-1nc1cc(F)c(C)c3c1c2[C@@H](NC(=O)OC)CC3. The summed E-state index contributed by atoms with van der Waals surface area (Å²) in [6.07, 6.45) is 0.515. The summed E-state index contributed by atoms with van der Waals surface area (Å²) in [5.74, 6) is -1.18. The van der Waals surface area contributed by atoms with Crippen LogP contribution in [0.3, 0.4) is 0 Å². The number of aromatic nitrogens is 2. The Kier molecular flexibility index (Phi) is 4.79. The van der Waals surface area contributed by atoms with Crippen molar-refractivity contribution in [3.63, 3.8) is 0 Å². The summed E-state index contributed by atoms with van der Waals surface area (Å²) in [7, 11) is 1.29. The number of fused-ring (bicyclic) bond motifs is 5. The number of ether oxygens (including phenoxy) is 2. The van der Waals surface area contributed by atoms with E-state index in [0.29, 0.717) is 35.3 Å². The molecular weight excluding hydrogens is 469 g/mol. The van der Waals surface area contributed by atoms with Gasteiger partial charge < -0.3 is 24.5 Å². The molecule has 0 unspecified atom stereocenters. The van der Waals surface area contributed by atoms with Gasteiger partial charge in [0.15, 0.2) is 5.60 Å². The maximum absolute atomic E-state index is 14.9. The third kappa shape index (κ3) is 2.84. The number of carbonyl (C=O) groups excluding carboxylic acids is 2. The molecule has 36 heavy (non-hydrogen) atoms. The number of benzene rings is 1. The van der Waals surface area contributed by atoms with Crippen LogP contribution in [0.25, 0.3) is 22.3 Å². The second-order valence-electron chi connectivity index (χ2n) is 9.54. The van der Waals surface area contributed by atoms with Crippen LogP contribution in [0.5, 0.6) is 0 Å². The highest BCUT2D eigenvalue weighted by molar-refractivity contribution is 5.93. The molecule has 0 bridgehead atoms. The fourth-order valence-electron chi connectivity index (χ4n) is 5.90. The fourth-order valence-corrected chi connectivity index (χ4v) is 5.90. The van der Waals surface area contributed by atoms with Gasteiger partial charge in [0.25, 0.3) is 5.56 Å². The highest BCUT2D eigenvalue weighted by Gasteiger charge is 2.46. The summed E-state index contributed by atoms with van der Waals surface area (Å²) in [5, 5.41) is 14.8. The van der Waals surface area contributed by atoms with Crippen LogP contribution < -0.4 is 10.9 Å². The Labute approximate surface area is 204 Å². The lowest BCUT2D eigenvalue weighted by atomic mass is 9.81. The van der Waals surface area contributed by atoms with Crippen molar-refractivity contribution in [3.05, 3.63) is 61.7 Å². The maximum Gasteiger partial charge on any atom is 0.407 e. The molecule has 0 spiro atoms. The summed E-state index contributed by atoms with van der Waals surface area (Å²) in [5.41, 5.74) is 2.30. The topological polar surface area (TPSA) is 120 Å². The average molecular weight is 493 g/mol. The van der Waals surface area contributed by atoms with Gasteiger partial charge in [0, 0.05) is 22.6 Å². The fraction of sp³-hybridized carbons (Fsp3) is 0.385. The van der Waals surface area contributed by atoms with Gasteiger partial charge in [-0.1, -0.05) is 6.92 Å². The number of esters is 1. The molecule has 1 aliphatic carbocycles. The van der Waals surface area contributed by atoms with Crippen molar-refractivity contribution in [2.75, 3.05) is 7.11 Å². The highest BCUT2D eigenvalue weighted by Crippen LogP contribution is 2.45. The average Bonchev–Trinajstić information content (AvgIpc) is 3.24. The van der Waals surface area contributed by atoms with Gasteiger partial charge in [-0.05, 0) is 48.9 Å². The number of methoxy groups -OCH3 is 1. The van der Waals surface area contributed by atoms with Crippen LogP contribution in [0.15, 0.2) is 16.9 Å². The Hall–Kier alpha value is -3.79. The van der Waals surface area contributed by atoms with Gasteiger partial charge in [-0.15, -0.1) is 0 Å². The Balaban J connectivity index is 1.66. The lowest BCUT2D eigenvalue weighted by molar-refractivity contribution is -0.172. The van der Waals surface area contributed by atoms with Crippen LogP contribution in [0.2, 0.25) is 0 Å².